The van der Waals surface area contributed by atoms with Gasteiger partial charge in [-0.1, -0.05) is 6.07 Å². The van der Waals surface area contributed by atoms with Crippen LogP contribution in [0.3, 0.4) is 0 Å². The molecule has 0 aromatic heterocycles. The molecule has 0 aliphatic carbocycles. The summed E-state index contributed by atoms with van der Waals surface area (Å²) in [5.41, 5.74) is 0.421. The molecule has 15 heavy (non-hydrogen) atoms. The van der Waals surface area contributed by atoms with Gasteiger partial charge in [0.05, 0.1) is 10.5 Å². The van der Waals surface area contributed by atoms with Crippen molar-refractivity contribution in [3.05, 3.63) is 29.3 Å². The van der Waals surface area contributed by atoms with E-state index in [9.17, 15) is 13.2 Å². The molecule has 0 radical (unpaired) electrons. The quantitative estimate of drug-likeness (QED) is 0.494. The van der Waals surface area contributed by atoms with Gasteiger partial charge >= 0.3 is 5.97 Å². The fourth-order valence-corrected chi connectivity index (χ4v) is 1.72. The predicted molar refractivity (Wildman–Crippen MR) is 52.6 cm³/mol. The van der Waals surface area contributed by atoms with Crippen molar-refractivity contribution in [3.8, 4) is 0 Å². The molecule has 0 heterocycles. The zero-order chi connectivity index (χ0) is 11.6. The number of carboxylic acid groups (broad SMARTS) is 1. The van der Waals surface area contributed by atoms with Crippen molar-refractivity contribution in [2.24, 2.45) is 5.84 Å². The van der Waals surface area contributed by atoms with Crippen LogP contribution in [0, 0.1) is 6.92 Å². The second-order valence-electron chi connectivity index (χ2n) is 2.90. The highest BCUT2D eigenvalue weighted by Gasteiger charge is 2.15. The number of aromatic carboxylic acids is 1. The van der Waals surface area contributed by atoms with Gasteiger partial charge in [0.25, 0.3) is 10.0 Å². The summed E-state index contributed by atoms with van der Waals surface area (Å²) in [4.78, 5) is 12.2. The van der Waals surface area contributed by atoms with Crippen molar-refractivity contribution in [1.82, 2.24) is 4.83 Å². The number of sulfonamides is 1. The molecule has 0 saturated heterocycles. The minimum Gasteiger partial charge on any atom is -0.478 e. The highest BCUT2D eigenvalue weighted by atomic mass is 32.2. The SMILES string of the molecule is Cc1ccc(S(=O)(=O)NN)cc1C(=O)O. The first kappa shape index (κ1) is 11.6. The van der Waals surface area contributed by atoms with Gasteiger partial charge in [0, 0.05) is 0 Å². The Hall–Kier alpha value is -1.44. The molecular formula is C8H10N2O4S. The summed E-state index contributed by atoms with van der Waals surface area (Å²) in [6, 6.07) is 3.76. The smallest absolute Gasteiger partial charge is 0.335 e. The number of nitrogens with one attached hydrogen (secondary N) is 1. The second kappa shape index (κ2) is 3.97. The fraction of sp³-hybridized carbons (Fsp3) is 0.125. The van der Waals surface area contributed by atoms with Crippen molar-refractivity contribution in [2.75, 3.05) is 0 Å². The van der Waals surface area contributed by atoms with Crippen LogP contribution in [0.5, 0.6) is 0 Å². The van der Waals surface area contributed by atoms with Crippen LogP contribution in [0.15, 0.2) is 23.1 Å². The van der Waals surface area contributed by atoms with Crippen molar-refractivity contribution < 1.29 is 18.3 Å². The molecule has 4 N–H and O–H groups in total. The van der Waals surface area contributed by atoms with Crippen LogP contribution < -0.4 is 10.7 Å². The van der Waals surface area contributed by atoms with Crippen molar-refractivity contribution in [3.63, 3.8) is 0 Å². The summed E-state index contributed by atoms with van der Waals surface area (Å²) in [5, 5.41) is 8.78. The average molecular weight is 230 g/mol. The molecule has 1 rings (SSSR count). The Bertz CT molecular complexity index is 495. The van der Waals surface area contributed by atoms with E-state index in [-0.39, 0.29) is 10.5 Å². The van der Waals surface area contributed by atoms with Crippen molar-refractivity contribution in [1.29, 1.82) is 0 Å². The highest BCUT2D eigenvalue weighted by molar-refractivity contribution is 7.89. The number of carboxylic acids is 1. The van der Waals surface area contributed by atoms with E-state index in [1.807, 2.05) is 0 Å². The predicted octanol–water partition coefficient (Wildman–Crippen LogP) is -0.155. The van der Waals surface area contributed by atoms with Gasteiger partial charge in [0.2, 0.25) is 0 Å². The van der Waals surface area contributed by atoms with Gasteiger partial charge in [-0.15, -0.1) is 0 Å². The van der Waals surface area contributed by atoms with Gasteiger partial charge in [-0.25, -0.2) is 13.2 Å². The Labute approximate surface area is 86.7 Å². The normalized spacial score (nSPS) is 11.3. The minimum atomic E-state index is -3.81. The van der Waals surface area contributed by atoms with E-state index in [0.29, 0.717) is 5.56 Å². The summed E-state index contributed by atoms with van der Waals surface area (Å²) in [6.45, 7) is 1.58. The van der Waals surface area contributed by atoms with E-state index in [1.165, 1.54) is 12.1 Å². The van der Waals surface area contributed by atoms with E-state index in [0.717, 1.165) is 6.07 Å². The molecule has 0 bridgehead atoms. The number of nitrogens with two attached hydrogens (primary N) is 1. The monoisotopic (exact) mass is 230 g/mol. The third kappa shape index (κ3) is 2.32. The van der Waals surface area contributed by atoms with Crippen LogP contribution in [-0.2, 0) is 10.0 Å². The molecule has 6 nitrogen and oxygen atoms in total. The van der Waals surface area contributed by atoms with Gasteiger partial charge in [-0.05, 0) is 24.6 Å². The number of aryl methyl sites for hydroxylation is 1. The van der Waals surface area contributed by atoms with Gasteiger partial charge in [-0.2, -0.15) is 4.83 Å². The number of rotatable bonds is 3. The van der Waals surface area contributed by atoms with E-state index >= 15 is 0 Å². The molecule has 0 fully saturated rings. The summed E-state index contributed by atoms with van der Waals surface area (Å²) in [6.07, 6.45) is 0. The summed E-state index contributed by atoms with van der Waals surface area (Å²) in [5.74, 6) is 3.64. The average Bonchev–Trinajstić information content (AvgIpc) is 2.17. The van der Waals surface area contributed by atoms with Gasteiger partial charge < -0.3 is 5.11 Å². The van der Waals surface area contributed by atoms with Crippen molar-refractivity contribution >= 4 is 16.0 Å². The van der Waals surface area contributed by atoms with E-state index in [4.69, 9.17) is 10.9 Å². The lowest BCUT2D eigenvalue weighted by molar-refractivity contribution is 0.0696. The molecule has 0 spiro atoms. The van der Waals surface area contributed by atoms with Crippen molar-refractivity contribution in [2.45, 2.75) is 11.8 Å². The van der Waals surface area contributed by atoms with E-state index in [1.54, 1.807) is 11.8 Å². The Morgan fingerprint density at radius 2 is 2.07 bits per heavy atom. The lowest BCUT2D eigenvalue weighted by Crippen LogP contribution is -2.30. The molecule has 0 atom stereocenters. The molecule has 0 aliphatic heterocycles. The van der Waals surface area contributed by atoms with Crippen LogP contribution in [0.4, 0.5) is 0 Å². The molecule has 82 valence electrons. The molecule has 1 aromatic carbocycles. The van der Waals surface area contributed by atoms with Gasteiger partial charge in [-0.3, -0.25) is 5.84 Å². The van der Waals surface area contributed by atoms with Crippen LogP contribution in [0.1, 0.15) is 15.9 Å². The number of hydrogen-bond donors (Lipinski definition) is 3. The first-order valence-electron chi connectivity index (χ1n) is 3.95. The lowest BCUT2D eigenvalue weighted by atomic mass is 10.1. The zero-order valence-electron chi connectivity index (χ0n) is 7.89. The molecule has 0 aliphatic rings. The first-order chi connectivity index (χ1) is 6.88. The highest BCUT2D eigenvalue weighted by Crippen LogP contribution is 2.14. The number of hydrogen-bond acceptors (Lipinski definition) is 4. The zero-order valence-corrected chi connectivity index (χ0v) is 8.71. The fourth-order valence-electron chi connectivity index (χ4n) is 1.07. The molecule has 7 heteroatoms. The largest absolute Gasteiger partial charge is 0.478 e. The Morgan fingerprint density at radius 3 is 2.53 bits per heavy atom. The number of carbonyl (C=O) groups is 1. The summed E-state index contributed by atoms with van der Waals surface area (Å²) < 4.78 is 22.5. The summed E-state index contributed by atoms with van der Waals surface area (Å²) >= 11 is 0. The molecule has 1 aromatic rings. The number of hydrazine groups is 1. The maximum atomic E-state index is 11.3. The molecule has 0 unspecified atom stereocenters. The summed E-state index contributed by atoms with van der Waals surface area (Å²) in [7, 11) is -3.81. The minimum absolute atomic E-state index is 0.0636. The number of benzene rings is 1. The van der Waals surface area contributed by atoms with Crippen LogP contribution in [0.25, 0.3) is 0 Å². The Kier molecular flexibility index (Phi) is 3.08. The maximum Gasteiger partial charge on any atom is 0.335 e. The first-order valence-corrected chi connectivity index (χ1v) is 5.43. The van der Waals surface area contributed by atoms with Gasteiger partial charge in [0.1, 0.15) is 0 Å². The van der Waals surface area contributed by atoms with E-state index < -0.39 is 16.0 Å². The van der Waals surface area contributed by atoms with Crippen LogP contribution in [0.2, 0.25) is 0 Å². The van der Waals surface area contributed by atoms with Gasteiger partial charge in [0.15, 0.2) is 0 Å². The van der Waals surface area contributed by atoms with E-state index in [2.05, 4.69) is 0 Å². The standard InChI is InChI=1S/C8H10N2O4S/c1-5-2-3-6(15(13,14)10-9)4-7(5)8(11)12/h2-4,10H,9H2,1H3,(H,11,12). The Morgan fingerprint density at radius 1 is 1.47 bits per heavy atom. The lowest BCUT2D eigenvalue weighted by Gasteiger charge is -2.05. The maximum absolute atomic E-state index is 11.3. The second-order valence-corrected chi connectivity index (χ2v) is 4.62. The Balaban J connectivity index is 3.38. The third-order valence-electron chi connectivity index (χ3n) is 1.90. The third-order valence-corrected chi connectivity index (χ3v) is 3.09. The van der Waals surface area contributed by atoms with Crippen LogP contribution >= 0.6 is 0 Å². The van der Waals surface area contributed by atoms with Crippen LogP contribution in [-0.4, -0.2) is 19.5 Å². The molecular weight excluding hydrogens is 220 g/mol. The topological polar surface area (TPSA) is 109 Å². The molecule has 0 saturated carbocycles. The molecule has 0 amide bonds.